The Hall–Kier alpha value is -2.65. The van der Waals surface area contributed by atoms with Crippen molar-refractivity contribution in [1.29, 1.82) is 0 Å². The van der Waals surface area contributed by atoms with Crippen LogP contribution in [-0.4, -0.2) is 14.6 Å². The van der Waals surface area contributed by atoms with Gasteiger partial charge in [-0.25, -0.2) is 0 Å². The first kappa shape index (κ1) is 30.3. The molecule has 2 aromatic rings. The van der Waals surface area contributed by atoms with E-state index >= 15 is 0 Å². The molecule has 40 heavy (non-hydrogen) atoms. The van der Waals surface area contributed by atoms with Crippen molar-refractivity contribution in [3.8, 4) is 0 Å². The molecule has 0 heterocycles. The summed E-state index contributed by atoms with van der Waals surface area (Å²) in [5.41, 5.74) is 2.55. The molecule has 2 nitrogen and oxygen atoms in total. The van der Waals surface area contributed by atoms with Gasteiger partial charge in [0.25, 0.3) is 0 Å². The summed E-state index contributed by atoms with van der Waals surface area (Å²) in [6, 6.07) is 21.5. The monoisotopic (exact) mass is 554 g/mol. The summed E-state index contributed by atoms with van der Waals surface area (Å²) in [6.07, 6.45) is 15.3. The van der Waals surface area contributed by atoms with E-state index in [1.807, 2.05) is 6.26 Å². The summed E-state index contributed by atoms with van der Waals surface area (Å²) in [5, 5.41) is 2.44. The van der Waals surface area contributed by atoms with Gasteiger partial charge in [0.1, 0.15) is 6.29 Å². The lowest BCUT2D eigenvalue weighted by molar-refractivity contribution is -0.123. The van der Waals surface area contributed by atoms with E-state index in [1.54, 1.807) is 0 Å². The molecule has 2 aliphatic rings. The number of benzene rings is 2. The quantitative estimate of drug-likeness (QED) is 0.127. The number of allylic oxidation sites excluding steroid dienone is 4. The lowest BCUT2D eigenvalue weighted by atomic mass is 9.51. The van der Waals surface area contributed by atoms with Crippen molar-refractivity contribution in [2.75, 3.05) is 0 Å². The minimum atomic E-state index is -2.66. The normalized spacial score (nSPS) is 27.1. The fraction of sp³-hybridized carbons (Fsp3) is 0.486. The largest absolute Gasteiger partial charge is 0.540 e. The van der Waals surface area contributed by atoms with E-state index in [1.165, 1.54) is 40.6 Å². The molecule has 0 spiro atoms. The van der Waals surface area contributed by atoms with Crippen LogP contribution in [0.25, 0.3) is 0 Å². The minimum Gasteiger partial charge on any atom is -0.540 e. The van der Waals surface area contributed by atoms with Crippen LogP contribution in [0.2, 0.25) is 5.04 Å². The van der Waals surface area contributed by atoms with Gasteiger partial charge in [0, 0.05) is 5.41 Å². The third-order valence-electron chi connectivity index (χ3n) is 10.1. The first-order chi connectivity index (χ1) is 19.0. The van der Waals surface area contributed by atoms with Crippen LogP contribution >= 0.6 is 0 Å². The topological polar surface area (TPSA) is 26.3 Å². The van der Waals surface area contributed by atoms with Gasteiger partial charge >= 0.3 is 8.32 Å². The molecule has 1 fully saturated rings. The molecule has 3 heteroatoms. The van der Waals surface area contributed by atoms with Crippen LogP contribution in [0.15, 0.2) is 96.8 Å². The van der Waals surface area contributed by atoms with Crippen molar-refractivity contribution < 1.29 is 9.22 Å². The van der Waals surface area contributed by atoms with Crippen LogP contribution in [0, 0.1) is 22.7 Å². The molecule has 4 atom stereocenters. The number of hydrogen-bond donors (Lipinski definition) is 0. The highest BCUT2D eigenvalue weighted by atomic mass is 28.4. The molecule has 0 aromatic heterocycles. The smallest absolute Gasteiger partial charge is 0.319 e. The Labute approximate surface area is 244 Å². The number of fused-ring (bicyclic) bond motifs is 1. The highest BCUT2D eigenvalue weighted by molar-refractivity contribution is 6.99. The third-order valence-corrected chi connectivity index (χ3v) is 15.0. The van der Waals surface area contributed by atoms with Crippen LogP contribution < -0.4 is 10.4 Å². The summed E-state index contributed by atoms with van der Waals surface area (Å²) in [5.74, 6) is 0.606. The average Bonchev–Trinajstić information content (AvgIpc) is 2.93. The Morgan fingerprint density at radius 2 is 1.68 bits per heavy atom. The van der Waals surface area contributed by atoms with Crippen LogP contribution in [0.5, 0.6) is 0 Å². The lowest BCUT2D eigenvalue weighted by Crippen LogP contribution is -2.65. The predicted molar refractivity (Wildman–Crippen MR) is 172 cm³/mol. The third kappa shape index (κ3) is 5.59. The van der Waals surface area contributed by atoms with E-state index in [2.05, 4.69) is 121 Å². The minimum absolute atomic E-state index is 0.0924. The maximum atomic E-state index is 13.1. The lowest BCUT2D eigenvalue weighted by Gasteiger charge is -2.53. The van der Waals surface area contributed by atoms with Crippen LogP contribution in [-0.2, 0) is 9.22 Å². The zero-order chi connectivity index (χ0) is 29.0. The Balaban J connectivity index is 1.66. The van der Waals surface area contributed by atoms with Gasteiger partial charge in [-0.1, -0.05) is 125 Å². The van der Waals surface area contributed by atoms with Crippen molar-refractivity contribution in [2.24, 2.45) is 22.7 Å². The van der Waals surface area contributed by atoms with Crippen molar-refractivity contribution in [3.05, 3.63) is 96.8 Å². The molecule has 0 bridgehead atoms. The first-order valence-electron chi connectivity index (χ1n) is 15.3. The summed E-state index contributed by atoms with van der Waals surface area (Å²) in [4.78, 5) is 13.1. The summed E-state index contributed by atoms with van der Waals surface area (Å²) < 4.78 is 7.04. The number of hydrogen-bond acceptors (Lipinski definition) is 2. The second-order valence-electron chi connectivity index (χ2n) is 13.8. The zero-order valence-corrected chi connectivity index (χ0v) is 26.7. The predicted octanol–water partition coefficient (Wildman–Crippen LogP) is 8.78. The molecule has 0 N–H and O–H groups in total. The summed E-state index contributed by atoms with van der Waals surface area (Å²) in [6.45, 7) is 17.9. The average molecular weight is 555 g/mol. The zero-order valence-electron chi connectivity index (χ0n) is 25.7. The molecule has 0 aliphatic heterocycles. The van der Waals surface area contributed by atoms with Gasteiger partial charge in [-0.3, -0.25) is 0 Å². The highest BCUT2D eigenvalue weighted by Crippen LogP contribution is 2.58. The van der Waals surface area contributed by atoms with Crippen molar-refractivity contribution in [2.45, 2.75) is 91.5 Å². The molecule has 2 aromatic carbocycles. The van der Waals surface area contributed by atoms with E-state index < -0.39 is 8.32 Å². The number of carbonyl (C=O) groups is 1. The van der Waals surface area contributed by atoms with Crippen molar-refractivity contribution >= 4 is 25.0 Å². The van der Waals surface area contributed by atoms with Gasteiger partial charge in [0.2, 0.25) is 0 Å². The van der Waals surface area contributed by atoms with E-state index in [4.69, 9.17) is 4.43 Å². The molecule has 0 amide bonds. The van der Waals surface area contributed by atoms with Crippen molar-refractivity contribution in [3.63, 3.8) is 0 Å². The molecule has 0 radical (unpaired) electrons. The van der Waals surface area contributed by atoms with Gasteiger partial charge in [-0.15, -0.1) is 6.58 Å². The van der Waals surface area contributed by atoms with Gasteiger partial charge < -0.3 is 9.22 Å². The Morgan fingerprint density at radius 1 is 1.07 bits per heavy atom. The van der Waals surface area contributed by atoms with Gasteiger partial charge in [-0.2, -0.15) is 0 Å². The second-order valence-corrected chi connectivity index (χ2v) is 18.1. The van der Waals surface area contributed by atoms with Crippen LogP contribution in [0.1, 0.15) is 86.5 Å². The number of aldehydes is 1. The van der Waals surface area contributed by atoms with E-state index in [0.29, 0.717) is 18.3 Å². The molecular formula is C37H50O2Si. The van der Waals surface area contributed by atoms with E-state index in [-0.39, 0.29) is 15.9 Å². The summed E-state index contributed by atoms with van der Waals surface area (Å²) in [7, 11) is -2.66. The van der Waals surface area contributed by atoms with Crippen molar-refractivity contribution in [1.82, 2.24) is 0 Å². The maximum Gasteiger partial charge on any atom is 0.319 e. The second kappa shape index (κ2) is 12.1. The molecular weight excluding hydrogens is 504 g/mol. The Bertz CT molecular complexity index is 1180. The number of rotatable bonds is 10. The SMILES string of the molecule is C=C(C)CC[C@@]1(C)CCCC2C1=CCC(C)[C@]2(C=O)C/C=C\O[Si](c1ccccc1)(c1ccccc1)C(C)(C)C. The standard InChI is InChI=1S/C37H50O2Si/c1-29(2)23-26-36(7)24-14-20-34-33(36)22-21-30(3)37(34,28-38)25-15-27-39-40(35(4,5)6,31-16-10-8-11-17-31)32-18-12-9-13-19-32/h8-13,15-19,22,27-28,30,34H,1,14,20-21,23-26H2,2-7H3/b27-15-/t30?,34?,36-,37-/m1/s1. The molecule has 0 saturated heterocycles. The molecule has 2 unspecified atom stereocenters. The molecule has 214 valence electrons. The first-order valence-corrected chi connectivity index (χ1v) is 17.2. The van der Waals surface area contributed by atoms with E-state index in [9.17, 15) is 4.79 Å². The van der Waals surface area contributed by atoms with Gasteiger partial charge in [0.05, 0.1) is 6.26 Å². The van der Waals surface area contributed by atoms with E-state index in [0.717, 1.165) is 25.7 Å². The number of carbonyl (C=O) groups excluding carboxylic acids is 1. The summed E-state index contributed by atoms with van der Waals surface area (Å²) >= 11 is 0. The molecule has 4 rings (SSSR count). The Kier molecular flexibility index (Phi) is 9.14. The fourth-order valence-electron chi connectivity index (χ4n) is 7.67. The van der Waals surface area contributed by atoms with Crippen LogP contribution in [0.3, 0.4) is 0 Å². The molecule has 1 saturated carbocycles. The van der Waals surface area contributed by atoms with Gasteiger partial charge in [-0.05, 0) is 78.1 Å². The Morgan fingerprint density at radius 3 is 2.20 bits per heavy atom. The maximum absolute atomic E-state index is 13.1. The van der Waals surface area contributed by atoms with Gasteiger partial charge in [0.15, 0.2) is 0 Å². The highest BCUT2D eigenvalue weighted by Gasteiger charge is 2.53. The van der Waals surface area contributed by atoms with Crippen LogP contribution in [0.4, 0.5) is 0 Å². The molecule has 2 aliphatic carbocycles. The fourth-order valence-corrected chi connectivity index (χ4v) is 12.0.